The van der Waals surface area contributed by atoms with E-state index in [2.05, 4.69) is 34.4 Å². The fourth-order valence-corrected chi connectivity index (χ4v) is 6.58. The van der Waals surface area contributed by atoms with Crippen molar-refractivity contribution >= 4 is 41.7 Å². The third-order valence-electron chi connectivity index (χ3n) is 10.1. The fourth-order valence-electron chi connectivity index (χ4n) is 6.58. The molecule has 5 N–H and O–H groups in total. The molecule has 2 atom stereocenters. The lowest BCUT2D eigenvalue weighted by Crippen LogP contribution is -2.31. The van der Waals surface area contributed by atoms with Gasteiger partial charge in [0.1, 0.15) is 23.9 Å². The van der Waals surface area contributed by atoms with Gasteiger partial charge in [0.15, 0.2) is 5.69 Å². The second-order valence-electron chi connectivity index (χ2n) is 14.7. The van der Waals surface area contributed by atoms with E-state index in [9.17, 15) is 24.3 Å². The molecule has 2 fully saturated rings. The summed E-state index contributed by atoms with van der Waals surface area (Å²) in [5, 5.41) is 27.6. The minimum Gasteiger partial charge on any atom is -0.496 e. The van der Waals surface area contributed by atoms with E-state index in [0.29, 0.717) is 35.0 Å². The van der Waals surface area contributed by atoms with Gasteiger partial charge in [0.25, 0.3) is 5.91 Å². The Morgan fingerprint density at radius 3 is 2.39 bits per heavy atom. The van der Waals surface area contributed by atoms with Crippen molar-refractivity contribution in [2.75, 3.05) is 25.6 Å². The molecule has 0 bridgehead atoms. The second-order valence-corrected chi connectivity index (χ2v) is 14.7. The highest BCUT2D eigenvalue weighted by Gasteiger charge is 2.28. The third-order valence-corrected chi connectivity index (χ3v) is 10.1. The first-order chi connectivity index (χ1) is 28.5. The van der Waals surface area contributed by atoms with Crippen LogP contribution in [0.5, 0.6) is 5.75 Å². The number of rotatable bonds is 19. The summed E-state index contributed by atoms with van der Waals surface area (Å²) < 4.78 is 27.1. The maximum atomic E-state index is 14.1. The van der Waals surface area contributed by atoms with Crippen molar-refractivity contribution in [3.63, 3.8) is 0 Å². The molecule has 1 aromatic heterocycles. The Bertz CT molecular complexity index is 1960. The van der Waals surface area contributed by atoms with Crippen LogP contribution in [0.1, 0.15) is 128 Å². The molecule has 0 radical (unpaired) electrons. The first kappa shape index (κ1) is 44.3. The summed E-state index contributed by atoms with van der Waals surface area (Å²) in [5.41, 5.74) is 1.62. The number of methoxy groups -OCH3 is 1. The molecule has 15 nitrogen and oxygen atoms in total. The number of amides is 2. The molecule has 316 valence electrons. The molecular weight excluding hydrogens is 759 g/mol. The Balaban J connectivity index is 1.39. The van der Waals surface area contributed by atoms with Crippen molar-refractivity contribution in [3.8, 4) is 16.9 Å². The Kier molecular flexibility index (Phi) is 16.4. The number of alkyl carbamates (subject to hydrolysis) is 1. The Morgan fingerprint density at radius 1 is 0.966 bits per heavy atom. The lowest BCUT2D eigenvalue weighted by molar-refractivity contribution is -0.0917. The zero-order chi connectivity index (χ0) is 42.3. The van der Waals surface area contributed by atoms with E-state index in [0.717, 1.165) is 70.6 Å². The number of anilines is 1. The van der Waals surface area contributed by atoms with Gasteiger partial charge in [0.2, 0.25) is 6.29 Å². The number of benzene rings is 2. The summed E-state index contributed by atoms with van der Waals surface area (Å²) in [4.78, 5) is 57.3. The maximum Gasteiger partial charge on any atom is 0.511 e. The largest absolute Gasteiger partial charge is 0.511 e. The summed E-state index contributed by atoms with van der Waals surface area (Å²) in [5.74, 6) is -0.934. The van der Waals surface area contributed by atoms with E-state index >= 15 is 0 Å². The average molecular weight is 814 g/mol. The number of nitrogens with zero attached hydrogens (tertiary/aromatic N) is 1. The number of hydrogen-bond acceptors (Lipinski definition) is 13. The van der Waals surface area contributed by atoms with Gasteiger partial charge in [0.05, 0.1) is 19.4 Å². The van der Waals surface area contributed by atoms with Crippen LogP contribution >= 0.6 is 0 Å². The number of nitrogens with one attached hydrogen (secondary N) is 4. The highest BCUT2D eigenvalue weighted by Crippen LogP contribution is 2.35. The number of unbranched alkanes of at least 4 members (excludes halogenated alkanes) is 3. The monoisotopic (exact) mass is 813 g/mol. The first-order valence-corrected chi connectivity index (χ1v) is 20.3. The van der Waals surface area contributed by atoms with Crippen LogP contribution in [-0.2, 0) is 18.9 Å². The van der Waals surface area contributed by atoms with Gasteiger partial charge in [-0.05, 0) is 99.4 Å². The number of ether oxygens (including phenoxy) is 5. The summed E-state index contributed by atoms with van der Waals surface area (Å²) in [6.07, 6.45) is 7.35. The molecule has 15 heteroatoms. The topological polar surface area (TPSA) is 207 Å². The van der Waals surface area contributed by atoms with Crippen molar-refractivity contribution in [1.29, 1.82) is 5.41 Å². The number of aliphatic hydroxyl groups is 1. The van der Waals surface area contributed by atoms with Gasteiger partial charge in [0, 0.05) is 47.0 Å². The van der Waals surface area contributed by atoms with Gasteiger partial charge < -0.3 is 34.1 Å². The molecule has 2 aliphatic rings. The van der Waals surface area contributed by atoms with Crippen molar-refractivity contribution in [2.24, 2.45) is 5.92 Å². The fraction of sp³-hybridized carbons (Fsp3) is 0.455. The van der Waals surface area contributed by atoms with E-state index in [4.69, 9.17) is 29.1 Å². The zero-order valence-electron chi connectivity index (χ0n) is 34.0. The van der Waals surface area contributed by atoms with Crippen LogP contribution in [0.25, 0.3) is 17.2 Å². The molecule has 2 aromatic carbocycles. The molecular formula is C44H55N5O10. The zero-order valence-corrected chi connectivity index (χ0v) is 34.0. The number of aliphatic hydroxyl groups excluding tert-OH is 1. The third kappa shape index (κ3) is 13.1. The standard InChI is InChI=1S/C44H55N5O10/c1-5-7-8-12-23-56-43(53)49-39(45)30-17-19-31(20-18-30)47-40(50)35-24-29(6-2)37(55-4)25-34(35)33-21-22-36(41(51)46-26-28-15-16-28)48-38(33)42(52)57-27(3)58-44(54)59-32-13-10-9-11-14-32/h6,17-22,24-25,27-28,32,41,46,51H,2,5,7-16,23,26H2,1,3-4H3,(H,47,50)(H2,45,49,53). The molecule has 5 rings (SSSR count). The maximum absolute atomic E-state index is 14.1. The summed E-state index contributed by atoms with van der Waals surface area (Å²) in [7, 11) is 1.46. The van der Waals surface area contributed by atoms with Crippen molar-refractivity contribution in [2.45, 2.75) is 103 Å². The summed E-state index contributed by atoms with van der Waals surface area (Å²) >= 11 is 0. The van der Waals surface area contributed by atoms with Crippen LogP contribution in [0.3, 0.4) is 0 Å². The lowest BCUT2D eigenvalue weighted by atomic mass is 9.94. The van der Waals surface area contributed by atoms with Crippen molar-refractivity contribution in [3.05, 3.63) is 83.2 Å². The molecule has 59 heavy (non-hydrogen) atoms. The lowest BCUT2D eigenvalue weighted by Gasteiger charge is -2.22. The van der Waals surface area contributed by atoms with Gasteiger partial charge in [-0.2, -0.15) is 0 Å². The summed E-state index contributed by atoms with van der Waals surface area (Å²) in [6, 6.07) is 12.5. The highest BCUT2D eigenvalue weighted by molar-refractivity contribution is 6.11. The number of carbonyl (C=O) groups is 4. The highest BCUT2D eigenvalue weighted by atomic mass is 16.8. The molecule has 0 aliphatic heterocycles. The molecule has 2 amide bonds. The average Bonchev–Trinajstić information content (AvgIpc) is 4.07. The SMILES string of the molecule is C=Cc1cc(C(=O)Nc2ccc(C(=N)NC(=O)OCCCCCC)cc2)c(-c2ccc(C(O)NCC3CC3)nc2C(=O)OC(C)OC(=O)OC2CCCCC2)cc1OC. The van der Waals surface area contributed by atoms with Crippen LogP contribution in [0.2, 0.25) is 0 Å². The van der Waals surface area contributed by atoms with Gasteiger partial charge >= 0.3 is 18.2 Å². The van der Waals surface area contributed by atoms with Crippen LogP contribution in [0, 0.1) is 11.3 Å². The molecule has 2 unspecified atom stereocenters. The molecule has 0 spiro atoms. The number of esters is 1. The predicted octanol–water partition coefficient (Wildman–Crippen LogP) is 8.26. The van der Waals surface area contributed by atoms with E-state index < -0.39 is 36.6 Å². The van der Waals surface area contributed by atoms with Crippen LogP contribution in [-0.4, -0.2) is 72.7 Å². The number of amidine groups is 1. The van der Waals surface area contributed by atoms with E-state index in [1.807, 2.05) is 0 Å². The van der Waals surface area contributed by atoms with Crippen LogP contribution in [0.4, 0.5) is 15.3 Å². The van der Waals surface area contributed by atoms with Gasteiger partial charge in [-0.3, -0.25) is 20.8 Å². The Morgan fingerprint density at radius 2 is 1.71 bits per heavy atom. The second kappa shape index (κ2) is 21.8. The van der Waals surface area contributed by atoms with Gasteiger partial charge in [-0.25, -0.2) is 19.4 Å². The number of pyridine rings is 1. The van der Waals surface area contributed by atoms with E-state index in [-0.39, 0.29) is 46.6 Å². The number of aromatic nitrogens is 1. The normalized spacial score (nSPS) is 14.9. The van der Waals surface area contributed by atoms with E-state index in [1.165, 1.54) is 26.2 Å². The molecule has 2 saturated carbocycles. The quantitative estimate of drug-likeness (QED) is 0.0194. The number of hydrogen-bond donors (Lipinski definition) is 5. The molecule has 0 saturated heterocycles. The molecule has 2 aliphatic carbocycles. The van der Waals surface area contributed by atoms with Gasteiger partial charge in [-0.15, -0.1) is 0 Å². The Labute approximate surface area is 344 Å². The minimum absolute atomic E-state index is 0.109. The molecule has 1 heterocycles. The minimum atomic E-state index is -1.36. The van der Waals surface area contributed by atoms with Gasteiger partial charge in [-0.1, -0.05) is 45.3 Å². The molecule has 3 aromatic rings. The smallest absolute Gasteiger partial charge is 0.496 e. The van der Waals surface area contributed by atoms with Crippen molar-refractivity contribution < 1.29 is 48.0 Å². The van der Waals surface area contributed by atoms with Crippen LogP contribution < -0.4 is 20.7 Å². The van der Waals surface area contributed by atoms with E-state index in [1.54, 1.807) is 42.5 Å². The number of carbonyl (C=O) groups excluding carboxylic acids is 4. The summed E-state index contributed by atoms with van der Waals surface area (Å²) in [6.45, 7) is 8.15. The first-order valence-electron chi connectivity index (χ1n) is 20.3. The predicted molar refractivity (Wildman–Crippen MR) is 221 cm³/mol. The van der Waals surface area contributed by atoms with Crippen LogP contribution in [0.15, 0.2) is 55.1 Å². The van der Waals surface area contributed by atoms with Crippen molar-refractivity contribution in [1.82, 2.24) is 15.6 Å². The Hall–Kier alpha value is -5.80.